The maximum atomic E-state index is 11.5. The van der Waals surface area contributed by atoms with Gasteiger partial charge in [0.25, 0.3) is 0 Å². The van der Waals surface area contributed by atoms with Crippen molar-refractivity contribution >= 4 is 27.4 Å². The number of aromatic nitrogens is 1. The van der Waals surface area contributed by atoms with Crippen LogP contribution in [0.2, 0.25) is 0 Å². The summed E-state index contributed by atoms with van der Waals surface area (Å²) in [7, 11) is -0.831. The second kappa shape index (κ2) is 6.92. The second-order valence-electron chi connectivity index (χ2n) is 5.65. The van der Waals surface area contributed by atoms with Crippen LogP contribution in [0, 0.1) is 6.92 Å². The number of anilines is 1. The first kappa shape index (κ1) is 15.7. The number of fused-ring (bicyclic) bond motifs is 1. The quantitative estimate of drug-likeness (QED) is 0.770. The van der Waals surface area contributed by atoms with Crippen LogP contribution in [0.4, 0.5) is 5.69 Å². The third-order valence-electron chi connectivity index (χ3n) is 3.99. The number of hydrogen-bond acceptors (Lipinski definition) is 3. The third-order valence-corrected chi connectivity index (χ3v) is 4.71. The summed E-state index contributed by atoms with van der Waals surface area (Å²) in [5, 5.41) is 4.65. The molecule has 0 unspecified atom stereocenters. The molecule has 3 rings (SSSR count). The summed E-state index contributed by atoms with van der Waals surface area (Å²) in [4.78, 5) is 4.49. The van der Waals surface area contributed by atoms with E-state index in [4.69, 9.17) is 0 Å². The summed E-state index contributed by atoms with van der Waals surface area (Å²) >= 11 is 0. The molecule has 0 aliphatic heterocycles. The van der Waals surface area contributed by atoms with Gasteiger partial charge in [-0.1, -0.05) is 36.4 Å². The molecule has 0 aliphatic rings. The maximum absolute atomic E-state index is 11.5. The van der Waals surface area contributed by atoms with E-state index in [-0.39, 0.29) is 0 Å². The van der Waals surface area contributed by atoms with Gasteiger partial charge >= 0.3 is 0 Å². The highest BCUT2D eigenvalue weighted by Crippen LogP contribution is 2.22. The average Bonchev–Trinajstić information content (AvgIpc) is 2.55. The fourth-order valence-electron chi connectivity index (χ4n) is 2.75. The van der Waals surface area contributed by atoms with Gasteiger partial charge in [0, 0.05) is 46.6 Å². The van der Waals surface area contributed by atoms with Crippen LogP contribution >= 0.6 is 0 Å². The predicted molar refractivity (Wildman–Crippen MR) is 98.0 cm³/mol. The van der Waals surface area contributed by atoms with Crippen molar-refractivity contribution in [1.82, 2.24) is 4.98 Å². The molecule has 1 heterocycles. The first-order valence-electron chi connectivity index (χ1n) is 7.60. The molecule has 4 heteroatoms. The minimum atomic E-state index is -0.831. The number of nitrogens with one attached hydrogen (secondary N) is 1. The maximum Gasteiger partial charge on any atom is 0.0751 e. The zero-order valence-electron chi connectivity index (χ0n) is 13.4. The van der Waals surface area contributed by atoms with Gasteiger partial charge in [0.2, 0.25) is 0 Å². The highest BCUT2D eigenvalue weighted by atomic mass is 32.2. The fourth-order valence-corrected chi connectivity index (χ4v) is 3.50. The zero-order chi connectivity index (χ0) is 16.2. The van der Waals surface area contributed by atoms with Gasteiger partial charge in [-0.3, -0.25) is 9.19 Å². The minimum absolute atomic E-state index is 0.594. The van der Waals surface area contributed by atoms with E-state index in [0.717, 1.165) is 27.7 Å². The Kier molecular flexibility index (Phi) is 4.72. The van der Waals surface area contributed by atoms with Gasteiger partial charge in [-0.25, -0.2) is 0 Å². The van der Waals surface area contributed by atoms with E-state index in [1.165, 1.54) is 5.56 Å². The molecule has 0 bridgehead atoms. The predicted octanol–water partition coefficient (Wildman–Crippen LogP) is 4.03. The summed E-state index contributed by atoms with van der Waals surface area (Å²) in [6.07, 6.45) is 3.57. The first-order valence-corrected chi connectivity index (χ1v) is 9.33. The van der Waals surface area contributed by atoms with Crippen LogP contribution in [-0.4, -0.2) is 15.4 Å². The molecule has 1 aromatic heterocycles. The lowest BCUT2D eigenvalue weighted by molar-refractivity contribution is 0.686. The lowest BCUT2D eigenvalue weighted by Gasteiger charge is -2.13. The SMILES string of the molecule is Cc1c(C[S@](C)=O)cccc1NCc1cccc2cccnc12. The van der Waals surface area contributed by atoms with Crippen molar-refractivity contribution in [2.45, 2.75) is 19.2 Å². The molecule has 23 heavy (non-hydrogen) atoms. The Morgan fingerprint density at radius 3 is 2.61 bits per heavy atom. The van der Waals surface area contributed by atoms with Crippen LogP contribution in [0.15, 0.2) is 54.7 Å². The van der Waals surface area contributed by atoms with Gasteiger partial charge in [-0.05, 0) is 35.7 Å². The smallest absolute Gasteiger partial charge is 0.0751 e. The van der Waals surface area contributed by atoms with Gasteiger partial charge in [0.15, 0.2) is 0 Å². The van der Waals surface area contributed by atoms with Gasteiger partial charge in [0.1, 0.15) is 0 Å². The highest BCUT2D eigenvalue weighted by Gasteiger charge is 2.07. The average molecular weight is 324 g/mol. The topological polar surface area (TPSA) is 42.0 Å². The van der Waals surface area contributed by atoms with E-state index in [1.807, 2.05) is 24.4 Å². The lowest BCUT2D eigenvalue weighted by atomic mass is 10.1. The number of benzene rings is 2. The number of rotatable bonds is 5. The molecule has 1 N–H and O–H groups in total. The van der Waals surface area contributed by atoms with Gasteiger partial charge in [-0.15, -0.1) is 0 Å². The normalized spacial score (nSPS) is 12.3. The largest absolute Gasteiger partial charge is 0.381 e. The van der Waals surface area contributed by atoms with Gasteiger partial charge in [-0.2, -0.15) is 0 Å². The van der Waals surface area contributed by atoms with Crippen LogP contribution in [0.5, 0.6) is 0 Å². The number of pyridine rings is 1. The van der Waals surface area contributed by atoms with E-state index in [0.29, 0.717) is 12.3 Å². The van der Waals surface area contributed by atoms with Crippen molar-refractivity contribution in [1.29, 1.82) is 0 Å². The lowest BCUT2D eigenvalue weighted by Crippen LogP contribution is -2.04. The van der Waals surface area contributed by atoms with Crippen molar-refractivity contribution in [3.8, 4) is 0 Å². The van der Waals surface area contributed by atoms with Gasteiger partial charge in [0.05, 0.1) is 5.52 Å². The number of hydrogen-bond donors (Lipinski definition) is 1. The van der Waals surface area contributed by atoms with Crippen molar-refractivity contribution in [2.24, 2.45) is 0 Å². The summed E-state index contributed by atoms with van der Waals surface area (Å²) < 4.78 is 11.5. The minimum Gasteiger partial charge on any atom is -0.381 e. The Hall–Kier alpha value is -2.20. The summed E-state index contributed by atoms with van der Waals surface area (Å²) in [6, 6.07) is 16.4. The molecule has 0 fully saturated rings. The van der Waals surface area contributed by atoms with E-state index < -0.39 is 10.8 Å². The summed E-state index contributed by atoms with van der Waals surface area (Å²) in [6.45, 7) is 2.79. The van der Waals surface area contributed by atoms with E-state index in [2.05, 4.69) is 47.6 Å². The second-order valence-corrected chi connectivity index (χ2v) is 7.09. The molecule has 0 amide bonds. The molecular weight excluding hydrogens is 304 g/mol. The van der Waals surface area contributed by atoms with E-state index >= 15 is 0 Å². The van der Waals surface area contributed by atoms with Gasteiger partial charge < -0.3 is 5.32 Å². The van der Waals surface area contributed by atoms with Crippen LogP contribution < -0.4 is 5.32 Å². The zero-order valence-corrected chi connectivity index (χ0v) is 14.2. The van der Waals surface area contributed by atoms with Crippen LogP contribution in [0.25, 0.3) is 10.9 Å². The number of nitrogens with zero attached hydrogens (tertiary/aromatic N) is 1. The molecule has 0 radical (unpaired) electrons. The Balaban J connectivity index is 1.84. The Morgan fingerprint density at radius 1 is 1.04 bits per heavy atom. The molecule has 1 atom stereocenters. The van der Waals surface area contributed by atoms with Crippen molar-refractivity contribution in [3.63, 3.8) is 0 Å². The molecule has 2 aromatic carbocycles. The Labute approximate surface area is 139 Å². The first-order chi connectivity index (χ1) is 11.1. The Morgan fingerprint density at radius 2 is 1.78 bits per heavy atom. The fraction of sp³-hybridized carbons (Fsp3) is 0.211. The van der Waals surface area contributed by atoms with E-state index in [1.54, 1.807) is 6.26 Å². The third kappa shape index (κ3) is 3.59. The Bertz CT molecular complexity index is 856. The number of para-hydroxylation sites is 1. The molecule has 3 aromatic rings. The molecular formula is C19H20N2OS. The molecule has 3 nitrogen and oxygen atoms in total. The van der Waals surface area contributed by atoms with Crippen LogP contribution in [-0.2, 0) is 23.1 Å². The summed E-state index contributed by atoms with van der Waals surface area (Å²) in [5.74, 6) is 0.594. The van der Waals surface area contributed by atoms with Crippen LogP contribution in [0.3, 0.4) is 0 Å². The molecule has 0 spiro atoms. The molecule has 0 saturated heterocycles. The van der Waals surface area contributed by atoms with E-state index in [9.17, 15) is 4.21 Å². The standard InChI is InChI=1S/C19H20N2OS/c1-14-17(13-23(2)22)8-4-10-18(14)21-12-16-7-3-6-15-9-5-11-20-19(15)16/h3-11,21H,12-13H2,1-2H3/t23-/m0/s1. The molecule has 118 valence electrons. The molecule has 0 aliphatic carbocycles. The van der Waals surface area contributed by atoms with Crippen LogP contribution in [0.1, 0.15) is 16.7 Å². The highest BCUT2D eigenvalue weighted by molar-refractivity contribution is 7.83. The van der Waals surface area contributed by atoms with Crippen molar-refractivity contribution in [2.75, 3.05) is 11.6 Å². The van der Waals surface area contributed by atoms with Crippen molar-refractivity contribution in [3.05, 3.63) is 71.4 Å². The monoisotopic (exact) mass is 324 g/mol. The summed E-state index contributed by atoms with van der Waals surface area (Å²) in [5.41, 5.74) is 5.58. The van der Waals surface area contributed by atoms with Crippen molar-refractivity contribution < 1.29 is 4.21 Å². The molecule has 0 saturated carbocycles.